The van der Waals surface area contributed by atoms with Crippen LogP contribution < -0.4 is 14.8 Å². The Morgan fingerprint density at radius 2 is 1.88 bits per heavy atom. The molecule has 4 nitrogen and oxygen atoms in total. The number of methoxy groups -OCH3 is 1. The number of hydrogen-bond donors (Lipinski definition) is 1. The van der Waals surface area contributed by atoms with E-state index >= 15 is 0 Å². The fraction of sp³-hybridized carbons (Fsp3) is 0.381. The second-order valence-corrected chi connectivity index (χ2v) is 6.75. The molecule has 0 radical (unpaired) electrons. The number of aliphatic imine (C=N–C) groups is 1. The van der Waals surface area contributed by atoms with E-state index in [1.807, 2.05) is 37.3 Å². The minimum atomic E-state index is 0.0683. The zero-order valence-electron chi connectivity index (χ0n) is 15.5. The standard InChI is InChI=1S/C21H25ClN2O2/c1-4-6-18-20(14-7-9-15(22)10-8-14)24-21(23-18)17-12-11-16(25-3)13-19(17)26-5-2/h7-13,18,20H,4-6H2,1-3H3,(H,23,24). The van der Waals surface area contributed by atoms with Crippen molar-refractivity contribution in [2.24, 2.45) is 4.99 Å². The molecule has 26 heavy (non-hydrogen) atoms. The molecule has 2 unspecified atom stereocenters. The summed E-state index contributed by atoms with van der Waals surface area (Å²) in [5, 5.41) is 4.34. The van der Waals surface area contributed by atoms with Gasteiger partial charge in [0.05, 0.1) is 31.4 Å². The first-order valence-electron chi connectivity index (χ1n) is 9.07. The number of hydrogen-bond acceptors (Lipinski definition) is 4. The molecule has 1 heterocycles. The van der Waals surface area contributed by atoms with Crippen molar-refractivity contribution in [1.29, 1.82) is 0 Å². The number of nitrogens with zero attached hydrogens (tertiary/aromatic N) is 1. The molecule has 5 heteroatoms. The molecule has 1 aliphatic heterocycles. The quantitative estimate of drug-likeness (QED) is 0.743. The predicted octanol–water partition coefficient (Wildman–Crippen LogP) is 5.01. The third kappa shape index (κ3) is 3.96. The Bertz CT molecular complexity index is 774. The highest BCUT2D eigenvalue weighted by Gasteiger charge is 2.31. The average molecular weight is 373 g/mol. The number of halogens is 1. The zero-order chi connectivity index (χ0) is 18.5. The third-order valence-electron chi connectivity index (χ3n) is 4.53. The van der Waals surface area contributed by atoms with Crippen molar-refractivity contribution in [2.75, 3.05) is 13.7 Å². The summed E-state index contributed by atoms with van der Waals surface area (Å²) in [5.74, 6) is 2.43. The Morgan fingerprint density at radius 3 is 2.54 bits per heavy atom. The van der Waals surface area contributed by atoms with E-state index in [4.69, 9.17) is 26.1 Å². The van der Waals surface area contributed by atoms with Gasteiger partial charge in [-0.1, -0.05) is 37.1 Å². The van der Waals surface area contributed by atoms with Crippen molar-refractivity contribution in [1.82, 2.24) is 5.32 Å². The molecular formula is C21H25ClN2O2. The Morgan fingerprint density at radius 1 is 1.12 bits per heavy atom. The first kappa shape index (κ1) is 18.6. The minimum absolute atomic E-state index is 0.0683. The van der Waals surface area contributed by atoms with Gasteiger partial charge in [-0.15, -0.1) is 0 Å². The van der Waals surface area contributed by atoms with Gasteiger partial charge in [0.15, 0.2) is 0 Å². The van der Waals surface area contributed by atoms with Crippen molar-refractivity contribution in [2.45, 2.75) is 38.8 Å². The summed E-state index contributed by atoms with van der Waals surface area (Å²) in [6.07, 6.45) is 2.13. The van der Waals surface area contributed by atoms with Gasteiger partial charge in [0.25, 0.3) is 0 Å². The maximum Gasteiger partial charge on any atom is 0.133 e. The van der Waals surface area contributed by atoms with Crippen LogP contribution in [-0.4, -0.2) is 25.6 Å². The highest BCUT2D eigenvalue weighted by atomic mass is 35.5. The lowest BCUT2D eigenvalue weighted by Crippen LogP contribution is -2.32. The van der Waals surface area contributed by atoms with Crippen molar-refractivity contribution < 1.29 is 9.47 Å². The topological polar surface area (TPSA) is 42.8 Å². The first-order valence-corrected chi connectivity index (χ1v) is 9.45. The van der Waals surface area contributed by atoms with Crippen LogP contribution in [0.1, 0.15) is 43.9 Å². The second kappa shape index (κ2) is 8.45. The van der Waals surface area contributed by atoms with E-state index in [-0.39, 0.29) is 12.1 Å². The molecule has 0 saturated carbocycles. The number of rotatable bonds is 7. The van der Waals surface area contributed by atoms with Crippen LogP contribution in [0.5, 0.6) is 11.5 Å². The molecule has 0 spiro atoms. The molecule has 0 aromatic heterocycles. The van der Waals surface area contributed by atoms with Crippen LogP contribution in [0.3, 0.4) is 0 Å². The van der Waals surface area contributed by atoms with Crippen LogP contribution in [0.25, 0.3) is 0 Å². The minimum Gasteiger partial charge on any atom is -0.497 e. The summed E-state index contributed by atoms with van der Waals surface area (Å²) in [4.78, 5) is 5.00. The molecule has 2 aromatic rings. The van der Waals surface area contributed by atoms with Gasteiger partial charge in [0, 0.05) is 11.1 Å². The van der Waals surface area contributed by atoms with Gasteiger partial charge in [-0.3, -0.25) is 4.99 Å². The lowest BCUT2D eigenvalue weighted by Gasteiger charge is -2.18. The van der Waals surface area contributed by atoms with Crippen molar-refractivity contribution in [3.05, 3.63) is 58.6 Å². The fourth-order valence-electron chi connectivity index (χ4n) is 3.28. The maximum atomic E-state index is 6.04. The molecule has 0 aliphatic carbocycles. The van der Waals surface area contributed by atoms with E-state index in [0.29, 0.717) is 6.61 Å². The largest absolute Gasteiger partial charge is 0.497 e. The highest BCUT2D eigenvalue weighted by molar-refractivity contribution is 6.30. The Hall–Kier alpha value is -2.20. The van der Waals surface area contributed by atoms with E-state index in [0.717, 1.165) is 40.8 Å². The molecule has 0 fully saturated rings. The van der Waals surface area contributed by atoms with E-state index in [1.54, 1.807) is 7.11 Å². The number of amidine groups is 1. The molecule has 0 amide bonds. The normalized spacial score (nSPS) is 19.0. The predicted molar refractivity (Wildman–Crippen MR) is 107 cm³/mol. The second-order valence-electron chi connectivity index (χ2n) is 6.31. The monoisotopic (exact) mass is 372 g/mol. The van der Waals surface area contributed by atoms with E-state index in [2.05, 4.69) is 24.4 Å². The molecule has 2 aromatic carbocycles. The Kier molecular flexibility index (Phi) is 6.04. The molecule has 138 valence electrons. The van der Waals surface area contributed by atoms with Crippen LogP contribution in [0, 0.1) is 0 Å². The van der Waals surface area contributed by atoms with Gasteiger partial charge < -0.3 is 14.8 Å². The van der Waals surface area contributed by atoms with Gasteiger partial charge >= 0.3 is 0 Å². The highest BCUT2D eigenvalue weighted by Crippen LogP contribution is 2.33. The van der Waals surface area contributed by atoms with Crippen molar-refractivity contribution >= 4 is 17.4 Å². The molecule has 2 atom stereocenters. The Labute approximate surface area is 160 Å². The first-order chi connectivity index (χ1) is 12.7. The van der Waals surface area contributed by atoms with Crippen LogP contribution >= 0.6 is 11.6 Å². The SMILES string of the molecule is CCCC1NC(c2ccc(OC)cc2OCC)=NC1c1ccc(Cl)cc1. The summed E-state index contributed by atoms with van der Waals surface area (Å²) in [6, 6.07) is 14.1. The van der Waals surface area contributed by atoms with Crippen molar-refractivity contribution in [3.63, 3.8) is 0 Å². The molecule has 1 N–H and O–H groups in total. The molecule has 3 rings (SSSR count). The number of benzene rings is 2. The molecular weight excluding hydrogens is 348 g/mol. The van der Waals surface area contributed by atoms with Crippen LogP contribution in [-0.2, 0) is 0 Å². The summed E-state index contributed by atoms with van der Waals surface area (Å²) in [6.45, 7) is 4.76. The smallest absolute Gasteiger partial charge is 0.133 e. The average Bonchev–Trinajstić information content (AvgIpc) is 3.06. The molecule has 0 saturated heterocycles. The van der Waals surface area contributed by atoms with Gasteiger partial charge in [-0.25, -0.2) is 0 Å². The summed E-state index contributed by atoms with van der Waals surface area (Å²) >= 11 is 6.04. The lowest BCUT2D eigenvalue weighted by atomic mass is 9.98. The van der Waals surface area contributed by atoms with Crippen LogP contribution in [0.15, 0.2) is 47.5 Å². The van der Waals surface area contributed by atoms with Gasteiger partial charge in [0.1, 0.15) is 17.3 Å². The summed E-state index contributed by atoms with van der Waals surface area (Å²) in [5.41, 5.74) is 2.13. The van der Waals surface area contributed by atoms with Crippen LogP contribution in [0.2, 0.25) is 5.02 Å². The summed E-state index contributed by atoms with van der Waals surface area (Å²) in [7, 11) is 1.66. The van der Waals surface area contributed by atoms with Crippen molar-refractivity contribution in [3.8, 4) is 11.5 Å². The third-order valence-corrected chi connectivity index (χ3v) is 4.78. The van der Waals surface area contributed by atoms with E-state index < -0.39 is 0 Å². The van der Waals surface area contributed by atoms with Crippen LogP contribution in [0.4, 0.5) is 0 Å². The zero-order valence-corrected chi connectivity index (χ0v) is 16.2. The van der Waals surface area contributed by atoms with E-state index in [9.17, 15) is 0 Å². The lowest BCUT2D eigenvalue weighted by molar-refractivity contribution is 0.335. The molecule has 1 aliphatic rings. The fourth-order valence-corrected chi connectivity index (χ4v) is 3.40. The number of nitrogens with one attached hydrogen (secondary N) is 1. The van der Waals surface area contributed by atoms with E-state index in [1.165, 1.54) is 5.56 Å². The summed E-state index contributed by atoms with van der Waals surface area (Å²) < 4.78 is 11.2. The Balaban J connectivity index is 1.97. The maximum absolute atomic E-state index is 6.04. The number of ether oxygens (including phenoxy) is 2. The van der Waals surface area contributed by atoms with Gasteiger partial charge in [-0.05, 0) is 43.2 Å². The molecule has 0 bridgehead atoms. The van der Waals surface area contributed by atoms with Gasteiger partial charge in [0.2, 0.25) is 0 Å². The van der Waals surface area contributed by atoms with Gasteiger partial charge in [-0.2, -0.15) is 0 Å².